The fourth-order valence-electron chi connectivity index (χ4n) is 1.77. The number of methoxy groups -OCH3 is 1. The van der Waals surface area contributed by atoms with Crippen molar-refractivity contribution >= 4 is 27.4 Å². The average Bonchev–Trinajstić information content (AvgIpc) is 2.39. The highest BCUT2D eigenvalue weighted by atomic mass is 79.9. The average molecular weight is 342 g/mol. The molecule has 2 rings (SSSR count). The van der Waals surface area contributed by atoms with Gasteiger partial charge in [0.15, 0.2) is 5.78 Å². The number of rotatable bonds is 3. The second-order valence-corrected chi connectivity index (χ2v) is 4.92. The third-order valence-corrected chi connectivity index (χ3v) is 3.28. The number of benzene rings is 2. The van der Waals surface area contributed by atoms with E-state index in [0.717, 1.165) is 18.2 Å². The van der Waals surface area contributed by atoms with Crippen LogP contribution in [0.3, 0.4) is 0 Å². The summed E-state index contributed by atoms with van der Waals surface area (Å²) in [7, 11) is 1.32. The van der Waals surface area contributed by atoms with Crippen molar-refractivity contribution in [1.29, 1.82) is 0 Å². The van der Waals surface area contributed by atoms with Gasteiger partial charge in [0.25, 0.3) is 0 Å². The van der Waals surface area contributed by atoms with E-state index in [9.17, 15) is 13.6 Å². The number of hydrogen-bond donors (Lipinski definition) is 1. The Morgan fingerprint density at radius 3 is 2.50 bits per heavy atom. The summed E-state index contributed by atoms with van der Waals surface area (Å²) in [4.78, 5) is 12.3. The number of ether oxygens (including phenoxy) is 1. The Hall–Kier alpha value is -1.95. The molecule has 0 spiro atoms. The van der Waals surface area contributed by atoms with Crippen LogP contribution in [0.4, 0.5) is 14.5 Å². The molecule has 0 heterocycles. The van der Waals surface area contributed by atoms with E-state index in [1.54, 1.807) is 0 Å². The summed E-state index contributed by atoms with van der Waals surface area (Å²) in [5.41, 5.74) is 5.83. The Morgan fingerprint density at radius 1 is 1.20 bits per heavy atom. The summed E-state index contributed by atoms with van der Waals surface area (Å²) in [6.07, 6.45) is 0. The van der Waals surface area contributed by atoms with Crippen molar-refractivity contribution in [3.05, 3.63) is 57.6 Å². The highest BCUT2D eigenvalue weighted by molar-refractivity contribution is 9.10. The molecule has 0 radical (unpaired) electrons. The number of hydrogen-bond acceptors (Lipinski definition) is 3. The maximum atomic E-state index is 13.4. The zero-order valence-corrected chi connectivity index (χ0v) is 12.0. The Bertz CT molecular complexity index is 669. The van der Waals surface area contributed by atoms with Crippen molar-refractivity contribution in [2.24, 2.45) is 0 Å². The van der Waals surface area contributed by atoms with Gasteiger partial charge in [0.05, 0.1) is 17.1 Å². The number of carbonyl (C=O) groups excluding carboxylic acids is 1. The Morgan fingerprint density at radius 2 is 1.90 bits per heavy atom. The van der Waals surface area contributed by atoms with Crippen LogP contribution in [0.2, 0.25) is 0 Å². The van der Waals surface area contributed by atoms with E-state index in [4.69, 9.17) is 10.5 Å². The van der Waals surface area contributed by atoms with Crippen molar-refractivity contribution in [2.75, 3.05) is 12.8 Å². The van der Waals surface area contributed by atoms with Gasteiger partial charge < -0.3 is 10.5 Å². The predicted octanol–water partition coefficient (Wildman–Crippen LogP) is 3.55. The molecule has 0 atom stereocenters. The van der Waals surface area contributed by atoms with Gasteiger partial charge in [-0.25, -0.2) is 8.78 Å². The van der Waals surface area contributed by atoms with E-state index in [1.165, 1.54) is 19.2 Å². The smallest absolute Gasteiger partial charge is 0.196 e. The second-order valence-electron chi connectivity index (χ2n) is 4.07. The Balaban J connectivity index is 2.55. The minimum absolute atomic E-state index is 0.0681. The molecular weight excluding hydrogens is 332 g/mol. The van der Waals surface area contributed by atoms with Crippen LogP contribution < -0.4 is 10.5 Å². The van der Waals surface area contributed by atoms with Gasteiger partial charge >= 0.3 is 0 Å². The van der Waals surface area contributed by atoms with E-state index in [1.807, 2.05) is 0 Å². The molecule has 0 amide bonds. The minimum Gasteiger partial charge on any atom is -0.496 e. The lowest BCUT2D eigenvalue weighted by Gasteiger charge is -2.09. The van der Waals surface area contributed by atoms with Crippen molar-refractivity contribution in [2.45, 2.75) is 0 Å². The molecular formula is C14H10BrF2NO2. The van der Waals surface area contributed by atoms with Crippen molar-refractivity contribution in [3.8, 4) is 5.75 Å². The first-order chi connectivity index (χ1) is 9.42. The van der Waals surface area contributed by atoms with Crippen molar-refractivity contribution < 1.29 is 18.3 Å². The topological polar surface area (TPSA) is 52.3 Å². The number of ketones is 1. The van der Waals surface area contributed by atoms with Crippen LogP contribution in [0.25, 0.3) is 0 Å². The summed E-state index contributed by atoms with van der Waals surface area (Å²) in [5.74, 6) is -1.61. The quantitative estimate of drug-likeness (QED) is 0.686. The lowest BCUT2D eigenvalue weighted by Crippen LogP contribution is -2.06. The highest BCUT2D eigenvalue weighted by Crippen LogP contribution is 2.28. The maximum Gasteiger partial charge on any atom is 0.196 e. The van der Waals surface area contributed by atoms with Crippen LogP contribution in [-0.4, -0.2) is 12.9 Å². The molecule has 0 aliphatic carbocycles. The zero-order chi connectivity index (χ0) is 14.9. The van der Waals surface area contributed by atoms with Crippen molar-refractivity contribution in [1.82, 2.24) is 0 Å². The van der Waals surface area contributed by atoms with Gasteiger partial charge in [-0.2, -0.15) is 0 Å². The fourth-order valence-corrected chi connectivity index (χ4v) is 2.12. The lowest BCUT2D eigenvalue weighted by molar-refractivity contribution is 0.103. The molecule has 3 nitrogen and oxygen atoms in total. The third kappa shape index (κ3) is 2.80. The molecule has 0 saturated carbocycles. The normalized spacial score (nSPS) is 10.4. The summed E-state index contributed by atoms with van der Waals surface area (Å²) < 4.78 is 31.8. The van der Waals surface area contributed by atoms with Gasteiger partial charge in [0, 0.05) is 17.3 Å². The van der Waals surface area contributed by atoms with Gasteiger partial charge in [-0.15, -0.1) is 0 Å². The first-order valence-electron chi connectivity index (χ1n) is 5.56. The van der Waals surface area contributed by atoms with Crippen molar-refractivity contribution in [3.63, 3.8) is 0 Å². The molecule has 0 fully saturated rings. The SMILES string of the molecule is COc1cc(F)c(Br)cc1C(=O)c1cc(N)cc(F)c1. The second kappa shape index (κ2) is 5.58. The fraction of sp³-hybridized carbons (Fsp3) is 0.0714. The van der Waals surface area contributed by atoms with E-state index < -0.39 is 17.4 Å². The summed E-state index contributed by atoms with van der Waals surface area (Å²) in [6, 6.07) is 5.89. The third-order valence-electron chi connectivity index (χ3n) is 2.67. The number of carbonyl (C=O) groups is 1. The summed E-state index contributed by atoms with van der Waals surface area (Å²) in [6.45, 7) is 0. The maximum absolute atomic E-state index is 13.4. The molecule has 6 heteroatoms. The minimum atomic E-state index is -0.617. The van der Waals surface area contributed by atoms with E-state index in [-0.39, 0.29) is 27.0 Å². The molecule has 2 aromatic carbocycles. The molecule has 0 unspecified atom stereocenters. The molecule has 0 saturated heterocycles. The van der Waals surface area contributed by atoms with Gasteiger partial charge in [-0.3, -0.25) is 4.79 Å². The predicted molar refractivity (Wildman–Crippen MR) is 74.9 cm³/mol. The van der Waals surface area contributed by atoms with Gasteiger partial charge in [-0.1, -0.05) is 0 Å². The Labute approximate surface area is 122 Å². The number of nitrogens with two attached hydrogens (primary N) is 1. The summed E-state index contributed by atoms with van der Waals surface area (Å²) in [5, 5.41) is 0. The largest absolute Gasteiger partial charge is 0.496 e. The number of anilines is 1. The first-order valence-corrected chi connectivity index (χ1v) is 6.35. The number of halogens is 3. The molecule has 2 N–H and O–H groups in total. The standard InChI is InChI=1S/C14H10BrF2NO2/c1-20-13-6-12(17)11(15)5-10(13)14(19)7-2-8(16)4-9(18)3-7/h2-6H,18H2,1H3. The van der Waals surface area contributed by atoms with Crippen LogP contribution in [0, 0.1) is 11.6 Å². The highest BCUT2D eigenvalue weighted by Gasteiger charge is 2.18. The van der Waals surface area contributed by atoms with E-state index >= 15 is 0 Å². The van der Waals surface area contributed by atoms with Crippen LogP contribution in [-0.2, 0) is 0 Å². The molecule has 0 aliphatic heterocycles. The van der Waals surface area contributed by atoms with Crippen LogP contribution in [0.15, 0.2) is 34.8 Å². The Kier molecular flexibility index (Phi) is 4.04. The van der Waals surface area contributed by atoms with Crippen LogP contribution >= 0.6 is 15.9 Å². The van der Waals surface area contributed by atoms with Gasteiger partial charge in [-0.05, 0) is 40.2 Å². The molecule has 0 aliphatic rings. The van der Waals surface area contributed by atoms with Crippen LogP contribution in [0.1, 0.15) is 15.9 Å². The van der Waals surface area contributed by atoms with Gasteiger partial charge in [0.1, 0.15) is 17.4 Å². The van der Waals surface area contributed by atoms with E-state index in [2.05, 4.69) is 15.9 Å². The monoisotopic (exact) mass is 341 g/mol. The number of nitrogen functional groups attached to an aromatic ring is 1. The lowest BCUT2D eigenvalue weighted by atomic mass is 10.0. The molecule has 20 heavy (non-hydrogen) atoms. The first kappa shape index (κ1) is 14.5. The molecule has 2 aromatic rings. The van der Waals surface area contributed by atoms with Gasteiger partial charge in [0.2, 0.25) is 0 Å². The van der Waals surface area contributed by atoms with Crippen LogP contribution in [0.5, 0.6) is 5.75 Å². The molecule has 0 bridgehead atoms. The molecule has 0 aromatic heterocycles. The summed E-state index contributed by atoms with van der Waals surface area (Å²) >= 11 is 3.00. The molecule has 104 valence electrons. The zero-order valence-electron chi connectivity index (χ0n) is 10.4. The van der Waals surface area contributed by atoms with E-state index in [0.29, 0.717) is 0 Å².